The van der Waals surface area contributed by atoms with Crippen LogP contribution in [0.15, 0.2) is 22.7 Å². The molecule has 0 unspecified atom stereocenters. The first-order chi connectivity index (χ1) is 9.41. The number of rotatable bonds is 4. The zero-order valence-corrected chi connectivity index (χ0v) is 12.9. The van der Waals surface area contributed by atoms with E-state index >= 15 is 0 Å². The summed E-state index contributed by atoms with van der Waals surface area (Å²) in [6, 6.07) is 4.21. The van der Waals surface area contributed by atoms with Crippen molar-refractivity contribution in [2.24, 2.45) is 5.41 Å². The maximum absolute atomic E-state index is 12.2. The molecular formula is C14H17BrN2O3. The highest BCUT2D eigenvalue weighted by molar-refractivity contribution is 9.10. The van der Waals surface area contributed by atoms with Crippen LogP contribution in [0.1, 0.15) is 43.0 Å². The molecule has 0 saturated heterocycles. The van der Waals surface area contributed by atoms with Gasteiger partial charge in [0.2, 0.25) is 0 Å². The lowest BCUT2D eigenvalue weighted by molar-refractivity contribution is -0.384. The summed E-state index contributed by atoms with van der Waals surface area (Å²) in [5, 5.41) is 13.7. The average Bonchev–Trinajstić information content (AvgIpc) is 2.84. The van der Waals surface area contributed by atoms with E-state index in [4.69, 9.17) is 0 Å². The van der Waals surface area contributed by atoms with Gasteiger partial charge in [0.15, 0.2) is 0 Å². The van der Waals surface area contributed by atoms with E-state index in [1.165, 1.54) is 31.0 Å². The summed E-state index contributed by atoms with van der Waals surface area (Å²) in [7, 11) is 0. The highest BCUT2D eigenvalue weighted by atomic mass is 79.9. The van der Waals surface area contributed by atoms with Gasteiger partial charge >= 0.3 is 0 Å². The van der Waals surface area contributed by atoms with E-state index in [1.807, 2.05) is 0 Å². The van der Waals surface area contributed by atoms with Crippen molar-refractivity contribution in [2.45, 2.75) is 32.6 Å². The number of hydrogen-bond acceptors (Lipinski definition) is 3. The standard InChI is InChI=1S/C14H17BrN2O3/c1-14(6-2-3-7-14)9-16-13(18)11-8-10(17(19)20)4-5-12(11)15/h4-5,8H,2-3,6-7,9H2,1H3,(H,16,18). The van der Waals surface area contributed by atoms with Gasteiger partial charge in [0.25, 0.3) is 11.6 Å². The summed E-state index contributed by atoms with van der Waals surface area (Å²) in [5.41, 5.74) is 0.384. The number of nitrogens with one attached hydrogen (secondary N) is 1. The van der Waals surface area contributed by atoms with E-state index in [9.17, 15) is 14.9 Å². The van der Waals surface area contributed by atoms with Gasteiger partial charge in [-0.2, -0.15) is 0 Å². The van der Waals surface area contributed by atoms with Gasteiger partial charge in [0.1, 0.15) is 0 Å². The van der Waals surface area contributed by atoms with Crippen LogP contribution in [0.2, 0.25) is 0 Å². The number of nitro benzene ring substituents is 1. The third kappa shape index (κ3) is 3.36. The predicted molar refractivity (Wildman–Crippen MR) is 79.7 cm³/mol. The molecule has 1 aromatic rings. The molecule has 1 fully saturated rings. The fourth-order valence-corrected chi connectivity index (χ4v) is 3.02. The quantitative estimate of drug-likeness (QED) is 0.671. The number of benzene rings is 1. The Bertz CT molecular complexity index is 539. The van der Waals surface area contributed by atoms with E-state index < -0.39 is 4.92 Å². The van der Waals surface area contributed by atoms with E-state index in [0.717, 1.165) is 12.8 Å². The van der Waals surface area contributed by atoms with Crippen LogP contribution in [-0.4, -0.2) is 17.4 Å². The summed E-state index contributed by atoms with van der Waals surface area (Å²) < 4.78 is 0.567. The normalized spacial score (nSPS) is 16.9. The van der Waals surface area contributed by atoms with Gasteiger partial charge in [-0.25, -0.2) is 0 Å². The van der Waals surface area contributed by atoms with E-state index in [1.54, 1.807) is 0 Å². The topological polar surface area (TPSA) is 72.2 Å². The Balaban J connectivity index is 2.08. The van der Waals surface area contributed by atoms with Crippen molar-refractivity contribution in [1.82, 2.24) is 5.32 Å². The molecule has 20 heavy (non-hydrogen) atoms. The van der Waals surface area contributed by atoms with Crippen molar-refractivity contribution < 1.29 is 9.72 Å². The van der Waals surface area contributed by atoms with Crippen LogP contribution in [0.3, 0.4) is 0 Å². The Kier molecular flexibility index (Phi) is 4.42. The fourth-order valence-electron chi connectivity index (χ4n) is 2.60. The highest BCUT2D eigenvalue weighted by Gasteiger charge is 2.29. The Labute approximate surface area is 126 Å². The highest BCUT2D eigenvalue weighted by Crippen LogP contribution is 2.36. The largest absolute Gasteiger partial charge is 0.351 e. The van der Waals surface area contributed by atoms with Crippen LogP contribution in [0.25, 0.3) is 0 Å². The van der Waals surface area contributed by atoms with Gasteiger partial charge in [-0.15, -0.1) is 0 Å². The molecule has 0 radical (unpaired) electrons. The van der Waals surface area contributed by atoms with Crippen LogP contribution in [0, 0.1) is 15.5 Å². The van der Waals surface area contributed by atoms with Crippen molar-refractivity contribution in [3.63, 3.8) is 0 Å². The molecule has 0 atom stereocenters. The maximum atomic E-state index is 12.2. The van der Waals surface area contributed by atoms with Gasteiger partial charge in [-0.3, -0.25) is 14.9 Å². The Hall–Kier alpha value is -1.43. The van der Waals surface area contributed by atoms with Crippen molar-refractivity contribution in [2.75, 3.05) is 6.54 Å². The van der Waals surface area contributed by atoms with Gasteiger partial charge < -0.3 is 5.32 Å². The number of amides is 1. The zero-order valence-electron chi connectivity index (χ0n) is 11.3. The summed E-state index contributed by atoms with van der Waals surface area (Å²) in [6.45, 7) is 2.78. The smallest absolute Gasteiger partial charge is 0.270 e. The number of carbonyl (C=O) groups is 1. The second-order valence-corrected chi connectivity index (χ2v) is 6.48. The molecule has 0 heterocycles. The maximum Gasteiger partial charge on any atom is 0.270 e. The van der Waals surface area contributed by atoms with E-state index in [2.05, 4.69) is 28.2 Å². The molecule has 1 aliphatic carbocycles. The average molecular weight is 341 g/mol. The lowest BCUT2D eigenvalue weighted by atomic mass is 9.89. The number of hydrogen-bond donors (Lipinski definition) is 1. The number of halogens is 1. The second kappa shape index (κ2) is 5.91. The molecule has 0 aliphatic heterocycles. The first kappa shape index (κ1) is 15.0. The van der Waals surface area contributed by atoms with Crippen LogP contribution >= 0.6 is 15.9 Å². The molecule has 2 rings (SSSR count). The SMILES string of the molecule is CC1(CNC(=O)c2cc([N+](=O)[O-])ccc2Br)CCCC1. The molecule has 0 aromatic heterocycles. The third-order valence-electron chi connectivity index (χ3n) is 3.89. The molecule has 1 aliphatic rings. The number of carbonyl (C=O) groups excluding carboxylic acids is 1. The predicted octanol–water partition coefficient (Wildman–Crippen LogP) is 3.67. The van der Waals surface area contributed by atoms with Crippen molar-refractivity contribution >= 4 is 27.5 Å². The molecular weight excluding hydrogens is 324 g/mol. The first-order valence-corrected chi connectivity index (χ1v) is 7.43. The number of nitrogens with zero attached hydrogens (tertiary/aromatic N) is 1. The van der Waals surface area contributed by atoms with E-state index in [-0.39, 0.29) is 17.0 Å². The van der Waals surface area contributed by atoms with Crippen molar-refractivity contribution in [3.8, 4) is 0 Å². The fraction of sp³-hybridized carbons (Fsp3) is 0.500. The third-order valence-corrected chi connectivity index (χ3v) is 4.58. The summed E-state index contributed by atoms with van der Waals surface area (Å²) in [5.74, 6) is -0.270. The van der Waals surface area contributed by atoms with E-state index in [0.29, 0.717) is 16.6 Å². The monoisotopic (exact) mass is 340 g/mol. The van der Waals surface area contributed by atoms with Gasteiger partial charge in [0, 0.05) is 23.2 Å². The lowest BCUT2D eigenvalue weighted by Gasteiger charge is -2.23. The minimum Gasteiger partial charge on any atom is -0.351 e. The number of nitro groups is 1. The van der Waals surface area contributed by atoms with Crippen molar-refractivity contribution in [1.29, 1.82) is 0 Å². The van der Waals surface area contributed by atoms with Gasteiger partial charge in [-0.1, -0.05) is 19.8 Å². The van der Waals surface area contributed by atoms with Crippen molar-refractivity contribution in [3.05, 3.63) is 38.3 Å². The molecule has 1 N–H and O–H groups in total. The van der Waals surface area contributed by atoms with Crippen LogP contribution in [-0.2, 0) is 0 Å². The minimum absolute atomic E-state index is 0.0783. The first-order valence-electron chi connectivity index (χ1n) is 6.63. The Morgan fingerprint density at radius 2 is 2.10 bits per heavy atom. The second-order valence-electron chi connectivity index (χ2n) is 5.62. The molecule has 108 valence electrons. The molecule has 5 nitrogen and oxygen atoms in total. The molecule has 6 heteroatoms. The minimum atomic E-state index is -0.499. The van der Waals surface area contributed by atoms with Gasteiger partial charge in [-0.05, 0) is 40.3 Å². The molecule has 1 saturated carbocycles. The van der Waals surface area contributed by atoms with Crippen LogP contribution in [0.5, 0.6) is 0 Å². The summed E-state index contributed by atoms with van der Waals surface area (Å²) >= 11 is 3.26. The van der Waals surface area contributed by atoms with Gasteiger partial charge in [0.05, 0.1) is 10.5 Å². The number of non-ortho nitro benzene ring substituents is 1. The molecule has 1 aromatic carbocycles. The Morgan fingerprint density at radius 1 is 1.45 bits per heavy atom. The Morgan fingerprint density at radius 3 is 2.70 bits per heavy atom. The summed E-state index contributed by atoms with van der Waals surface area (Å²) in [4.78, 5) is 22.4. The van der Waals surface area contributed by atoms with Crippen LogP contribution in [0.4, 0.5) is 5.69 Å². The molecule has 0 bridgehead atoms. The zero-order chi connectivity index (χ0) is 14.8. The molecule has 0 spiro atoms. The molecule has 1 amide bonds. The van der Waals surface area contributed by atoms with Crippen LogP contribution < -0.4 is 5.32 Å². The lowest BCUT2D eigenvalue weighted by Crippen LogP contribution is -2.34. The summed E-state index contributed by atoms with van der Waals surface area (Å²) in [6.07, 6.45) is 4.63.